The minimum atomic E-state index is -1.12. The van der Waals surface area contributed by atoms with Crippen LogP contribution in [0, 0.1) is 5.82 Å². The highest BCUT2D eigenvalue weighted by Gasteiger charge is 2.08. The van der Waals surface area contributed by atoms with Crippen molar-refractivity contribution in [3.05, 3.63) is 29.7 Å². The van der Waals surface area contributed by atoms with E-state index < -0.39 is 11.8 Å². The zero-order valence-electron chi connectivity index (χ0n) is 7.44. The maximum atomic E-state index is 13.0. The van der Waals surface area contributed by atoms with Crippen LogP contribution in [0.15, 0.2) is 18.3 Å². The number of anilines is 1. The molecule has 6 heteroatoms. The topological polar surface area (TPSA) is 89.1 Å². The number of aromatic nitrogens is 2. The van der Waals surface area contributed by atoms with Gasteiger partial charge in [0.25, 0.3) is 0 Å². The molecule has 0 spiro atoms. The Bertz CT molecular complexity index is 556. The maximum Gasteiger partial charge on any atom is 0.337 e. The van der Waals surface area contributed by atoms with Crippen molar-refractivity contribution in [3.8, 4) is 0 Å². The van der Waals surface area contributed by atoms with Crippen LogP contribution in [-0.4, -0.2) is 21.0 Å². The molecule has 0 saturated heterocycles. The molecule has 0 aliphatic heterocycles. The number of carbonyl (C=O) groups is 1. The van der Waals surface area contributed by atoms with Crippen LogP contribution in [-0.2, 0) is 0 Å². The van der Waals surface area contributed by atoms with Crippen LogP contribution in [0.1, 0.15) is 10.4 Å². The van der Waals surface area contributed by atoms with Crippen LogP contribution in [0.4, 0.5) is 10.2 Å². The summed E-state index contributed by atoms with van der Waals surface area (Å²) >= 11 is 0. The van der Waals surface area contributed by atoms with Crippen molar-refractivity contribution >= 4 is 22.8 Å². The number of nitrogens with zero attached hydrogens (tertiary/aromatic N) is 2. The molecule has 0 unspecified atom stereocenters. The van der Waals surface area contributed by atoms with Gasteiger partial charge in [-0.2, -0.15) is 0 Å². The van der Waals surface area contributed by atoms with E-state index in [1.807, 2.05) is 0 Å². The molecule has 5 nitrogen and oxygen atoms in total. The summed E-state index contributed by atoms with van der Waals surface area (Å²) < 4.78 is 13.0. The Labute approximate surface area is 83.4 Å². The summed E-state index contributed by atoms with van der Waals surface area (Å²) in [4.78, 5) is 18.1. The second-order valence-electron chi connectivity index (χ2n) is 2.93. The fourth-order valence-corrected chi connectivity index (χ4v) is 1.17. The molecular formula is C9H6FN3O2. The van der Waals surface area contributed by atoms with E-state index in [0.29, 0.717) is 5.39 Å². The monoisotopic (exact) mass is 207 g/mol. The van der Waals surface area contributed by atoms with Gasteiger partial charge in [0.15, 0.2) is 17.3 Å². The Morgan fingerprint density at radius 3 is 2.87 bits per heavy atom. The summed E-state index contributed by atoms with van der Waals surface area (Å²) in [6, 6.07) is 2.40. The van der Waals surface area contributed by atoms with E-state index in [1.165, 1.54) is 6.07 Å². The molecule has 3 N–H and O–H groups in total. The number of carboxylic acids is 1. The van der Waals surface area contributed by atoms with Crippen LogP contribution >= 0.6 is 0 Å². The average Bonchev–Trinajstić information content (AvgIpc) is 2.19. The molecular weight excluding hydrogens is 201 g/mol. The summed E-state index contributed by atoms with van der Waals surface area (Å²) in [6.07, 6.45) is 1.15. The van der Waals surface area contributed by atoms with Crippen molar-refractivity contribution in [2.75, 3.05) is 5.73 Å². The fraction of sp³-hybridized carbons (Fsp3) is 0. The van der Waals surface area contributed by atoms with Gasteiger partial charge in [-0.25, -0.2) is 19.2 Å². The molecule has 0 aliphatic rings. The number of pyridine rings is 2. The smallest absolute Gasteiger partial charge is 0.337 e. The molecule has 0 saturated carbocycles. The van der Waals surface area contributed by atoms with Crippen molar-refractivity contribution in [3.63, 3.8) is 0 Å². The maximum absolute atomic E-state index is 13.0. The lowest BCUT2D eigenvalue weighted by atomic mass is 10.2. The van der Waals surface area contributed by atoms with E-state index in [4.69, 9.17) is 10.8 Å². The molecule has 0 amide bonds. The van der Waals surface area contributed by atoms with Crippen molar-refractivity contribution < 1.29 is 14.3 Å². The number of nitrogen functional groups attached to an aromatic ring is 1. The summed E-state index contributed by atoms with van der Waals surface area (Å²) in [6.45, 7) is 0. The Morgan fingerprint density at radius 2 is 2.20 bits per heavy atom. The van der Waals surface area contributed by atoms with Gasteiger partial charge in [-0.3, -0.25) is 0 Å². The van der Waals surface area contributed by atoms with Crippen LogP contribution in [0.2, 0.25) is 0 Å². The number of halogens is 1. The lowest BCUT2D eigenvalue weighted by Crippen LogP contribution is -2.00. The first-order valence-corrected chi connectivity index (χ1v) is 4.03. The van der Waals surface area contributed by atoms with Gasteiger partial charge in [0.1, 0.15) is 0 Å². The molecule has 0 aromatic carbocycles. The molecule has 2 aromatic rings. The van der Waals surface area contributed by atoms with Gasteiger partial charge >= 0.3 is 5.97 Å². The van der Waals surface area contributed by atoms with Gasteiger partial charge in [0.2, 0.25) is 0 Å². The number of nitrogens with two attached hydrogens (primary N) is 1. The third-order valence-electron chi connectivity index (χ3n) is 1.90. The highest BCUT2D eigenvalue weighted by Crippen LogP contribution is 2.16. The van der Waals surface area contributed by atoms with Crippen LogP contribution in [0.25, 0.3) is 11.0 Å². The third kappa shape index (κ3) is 1.56. The number of fused-ring (bicyclic) bond motifs is 1. The standard InChI is InChI=1S/C9H6FN3O2/c10-6-2-4-1-5(9(14)15)3-12-8(4)13-7(6)11/h1-3H,(H,14,15)(H2,11,12,13). The lowest BCUT2D eigenvalue weighted by molar-refractivity contribution is 0.0696. The number of rotatable bonds is 1. The minimum Gasteiger partial charge on any atom is -0.478 e. The third-order valence-corrected chi connectivity index (χ3v) is 1.90. The Kier molecular flexibility index (Phi) is 1.96. The first kappa shape index (κ1) is 9.32. The van der Waals surface area contributed by atoms with E-state index >= 15 is 0 Å². The summed E-state index contributed by atoms with van der Waals surface area (Å²) in [7, 11) is 0. The van der Waals surface area contributed by atoms with E-state index in [2.05, 4.69) is 9.97 Å². The predicted molar refractivity (Wildman–Crippen MR) is 50.9 cm³/mol. The van der Waals surface area contributed by atoms with Crippen molar-refractivity contribution in [1.82, 2.24) is 9.97 Å². The van der Waals surface area contributed by atoms with E-state index in [9.17, 15) is 9.18 Å². The zero-order chi connectivity index (χ0) is 11.0. The average molecular weight is 207 g/mol. The molecule has 0 radical (unpaired) electrons. The van der Waals surface area contributed by atoms with E-state index in [-0.39, 0.29) is 17.0 Å². The SMILES string of the molecule is Nc1nc2ncc(C(=O)O)cc2cc1F. The normalized spacial score (nSPS) is 10.5. The number of hydrogen-bond donors (Lipinski definition) is 2. The number of hydrogen-bond acceptors (Lipinski definition) is 4. The van der Waals surface area contributed by atoms with Crippen LogP contribution in [0.5, 0.6) is 0 Å². The quantitative estimate of drug-likeness (QED) is 0.729. The number of aromatic carboxylic acids is 1. The lowest BCUT2D eigenvalue weighted by Gasteiger charge is -2.00. The zero-order valence-corrected chi connectivity index (χ0v) is 7.44. The molecule has 2 rings (SSSR count). The van der Waals surface area contributed by atoms with Gasteiger partial charge in [-0.05, 0) is 12.1 Å². The molecule has 15 heavy (non-hydrogen) atoms. The second-order valence-corrected chi connectivity index (χ2v) is 2.93. The predicted octanol–water partition coefficient (Wildman–Crippen LogP) is 1.05. The van der Waals surface area contributed by atoms with Crippen molar-refractivity contribution in [1.29, 1.82) is 0 Å². The molecule has 2 aromatic heterocycles. The molecule has 0 fully saturated rings. The van der Waals surface area contributed by atoms with Gasteiger partial charge in [0, 0.05) is 11.6 Å². The first-order chi connectivity index (χ1) is 7.08. The van der Waals surface area contributed by atoms with Gasteiger partial charge in [0.05, 0.1) is 5.56 Å². The number of carboxylic acid groups (broad SMARTS) is 1. The Balaban J connectivity index is 2.72. The molecule has 0 bridgehead atoms. The van der Waals surface area contributed by atoms with Gasteiger partial charge < -0.3 is 10.8 Å². The van der Waals surface area contributed by atoms with Crippen molar-refractivity contribution in [2.24, 2.45) is 0 Å². The summed E-state index contributed by atoms with van der Waals surface area (Å²) in [5.41, 5.74) is 5.44. The summed E-state index contributed by atoms with van der Waals surface area (Å²) in [5, 5.41) is 9.00. The fourth-order valence-electron chi connectivity index (χ4n) is 1.17. The summed E-state index contributed by atoms with van der Waals surface area (Å²) in [5.74, 6) is -2.06. The van der Waals surface area contributed by atoms with Crippen molar-refractivity contribution in [2.45, 2.75) is 0 Å². The van der Waals surface area contributed by atoms with E-state index in [1.54, 1.807) is 0 Å². The highest BCUT2D eigenvalue weighted by atomic mass is 19.1. The first-order valence-electron chi connectivity index (χ1n) is 4.03. The molecule has 0 aliphatic carbocycles. The van der Waals surface area contributed by atoms with Crippen LogP contribution in [0.3, 0.4) is 0 Å². The largest absolute Gasteiger partial charge is 0.478 e. The second kappa shape index (κ2) is 3.16. The minimum absolute atomic E-state index is 0.0199. The van der Waals surface area contributed by atoms with Crippen LogP contribution < -0.4 is 5.73 Å². The molecule has 0 atom stereocenters. The van der Waals surface area contributed by atoms with Gasteiger partial charge in [-0.1, -0.05) is 0 Å². The Hall–Kier alpha value is -2.24. The molecule has 76 valence electrons. The molecule has 2 heterocycles. The van der Waals surface area contributed by atoms with Gasteiger partial charge in [-0.15, -0.1) is 0 Å². The highest BCUT2D eigenvalue weighted by molar-refractivity contribution is 5.91. The Morgan fingerprint density at radius 1 is 1.47 bits per heavy atom. The van der Waals surface area contributed by atoms with E-state index in [0.717, 1.165) is 12.3 Å².